The van der Waals surface area contributed by atoms with Gasteiger partial charge in [-0.25, -0.2) is 0 Å². The molecule has 13 heavy (non-hydrogen) atoms. The van der Waals surface area contributed by atoms with E-state index in [9.17, 15) is 4.79 Å². The quantitative estimate of drug-likeness (QED) is 0.754. The van der Waals surface area contributed by atoms with Gasteiger partial charge in [0.1, 0.15) is 5.78 Å². The Morgan fingerprint density at radius 1 is 1.54 bits per heavy atom. The lowest BCUT2D eigenvalue weighted by Crippen LogP contribution is -2.19. The summed E-state index contributed by atoms with van der Waals surface area (Å²) in [4.78, 5) is 14.4. The zero-order valence-corrected chi connectivity index (χ0v) is 8.70. The summed E-state index contributed by atoms with van der Waals surface area (Å²) in [6.45, 7) is 2.37. The summed E-state index contributed by atoms with van der Waals surface area (Å²) in [5.74, 6) is 0.350. The topological polar surface area (TPSA) is 20.3 Å². The zero-order chi connectivity index (χ0) is 9.26. The van der Waals surface area contributed by atoms with Crippen LogP contribution in [0.5, 0.6) is 0 Å². The van der Waals surface area contributed by atoms with Crippen LogP contribution in [0.2, 0.25) is 4.34 Å². The Kier molecular flexibility index (Phi) is 2.67. The fourth-order valence-corrected chi connectivity index (χ4v) is 2.61. The van der Waals surface area contributed by atoms with Crippen molar-refractivity contribution in [2.24, 2.45) is 0 Å². The highest BCUT2D eigenvalue weighted by Gasteiger charge is 2.19. The first-order chi connectivity index (χ1) is 6.24. The van der Waals surface area contributed by atoms with Gasteiger partial charge < -0.3 is 0 Å². The normalized spacial score (nSPS) is 18.4. The summed E-state index contributed by atoms with van der Waals surface area (Å²) in [6, 6.07) is 3.93. The van der Waals surface area contributed by atoms with E-state index in [0.29, 0.717) is 18.7 Å². The van der Waals surface area contributed by atoms with Crippen LogP contribution in [0.3, 0.4) is 0 Å². The molecule has 1 aliphatic rings. The van der Waals surface area contributed by atoms with Crippen LogP contribution in [0.15, 0.2) is 12.1 Å². The molecule has 0 saturated carbocycles. The number of thiophene rings is 1. The van der Waals surface area contributed by atoms with Crippen molar-refractivity contribution in [3.8, 4) is 0 Å². The third-order valence-corrected chi connectivity index (χ3v) is 3.33. The highest BCUT2D eigenvalue weighted by molar-refractivity contribution is 7.16. The number of carbonyl (C=O) groups excluding carboxylic acids is 1. The average Bonchev–Trinajstić information content (AvgIpc) is 2.62. The highest BCUT2D eigenvalue weighted by Crippen LogP contribution is 2.23. The van der Waals surface area contributed by atoms with E-state index in [4.69, 9.17) is 11.6 Å². The number of rotatable bonds is 2. The van der Waals surface area contributed by atoms with Crippen LogP contribution in [0.25, 0.3) is 0 Å². The Hall–Kier alpha value is -0.380. The predicted molar refractivity (Wildman–Crippen MR) is 54.2 cm³/mol. The largest absolute Gasteiger partial charge is 0.298 e. The van der Waals surface area contributed by atoms with Gasteiger partial charge in [-0.1, -0.05) is 11.6 Å². The van der Waals surface area contributed by atoms with Crippen molar-refractivity contribution in [2.75, 3.05) is 13.1 Å². The Labute approximate surface area is 86.1 Å². The molecule has 1 aliphatic heterocycles. The maximum absolute atomic E-state index is 11.0. The maximum Gasteiger partial charge on any atom is 0.148 e. The minimum Gasteiger partial charge on any atom is -0.298 e. The maximum atomic E-state index is 11.0. The van der Waals surface area contributed by atoms with Gasteiger partial charge in [0.05, 0.1) is 10.9 Å². The standard InChI is InChI=1S/C9H10ClNOS/c10-9-2-1-8(13-9)6-11-4-3-7(12)5-11/h1-2H,3-6H2. The minimum atomic E-state index is 0.350. The SMILES string of the molecule is O=C1CCN(Cc2ccc(Cl)s2)C1. The molecule has 1 aromatic rings. The Balaban J connectivity index is 1.95. The lowest BCUT2D eigenvalue weighted by molar-refractivity contribution is -0.116. The van der Waals surface area contributed by atoms with Crippen molar-refractivity contribution in [1.82, 2.24) is 4.90 Å². The number of halogens is 1. The Bertz CT molecular complexity index is 323. The number of nitrogens with zero attached hydrogens (tertiary/aromatic N) is 1. The molecule has 1 saturated heterocycles. The Morgan fingerprint density at radius 2 is 2.38 bits per heavy atom. The first kappa shape index (κ1) is 9.19. The van der Waals surface area contributed by atoms with Gasteiger partial charge in [0.15, 0.2) is 0 Å². The van der Waals surface area contributed by atoms with E-state index in [-0.39, 0.29) is 0 Å². The van der Waals surface area contributed by atoms with Crippen molar-refractivity contribution >= 4 is 28.7 Å². The lowest BCUT2D eigenvalue weighted by atomic mass is 10.4. The fourth-order valence-electron chi connectivity index (χ4n) is 1.48. The van der Waals surface area contributed by atoms with Gasteiger partial charge in [0.25, 0.3) is 0 Å². The molecule has 0 aromatic carbocycles. The van der Waals surface area contributed by atoms with E-state index in [0.717, 1.165) is 17.4 Å². The second kappa shape index (κ2) is 3.78. The number of likely N-dealkylation sites (tertiary alicyclic amines) is 1. The van der Waals surface area contributed by atoms with Crippen molar-refractivity contribution < 1.29 is 4.79 Å². The molecule has 1 aromatic heterocycles. The summed E-state index contributed by atoms with van der Waals surface area (Å²) in [6.07, 6.45) is 0.707. The van der Waals surface area contributed by atoms with Crippen LogP contribution in [0, 0.1) is 0 Å². The van der Waals surface area contributed by atoms with Crippen LogP contribution in [-0.2, 0) is 11.3 Å². The molecule has 0 spiro atoms. The molecule has 2 rings (SSSR count). The molecule has 0 unspecified atom stereocenters. The van der Waals surface area contributed by atoms with E-state index in [1.807, 2.05) is 12.1 Å². The van der Waals surface area contributed by atoms with Gasteiger partial charge >= 0.3 is 0 Å². The second-order valence-electron chi connectivity index (χ2n) is 3.21. The predicted octanol–water partition coefficient (Wildman–Crippen LogP) is 2.18. The molecule has 2 heterocycles. The molecule has 1 fully saturated rings. The monoisotopic (exact) mass is 215 g/mol. The Morgan fingerprint density at radius 3 is 2.92 bits per heavy atom. The van der Waals surface area contributed by atoms with Crippen molar-refractivity contribution in [3.05, 3.63) is 21.3 Å². The number of hydrogen-bond donors (Lipinski definition) is 0. The molecular weight excluding hydrogens is 206 g/mol. The van der Waals surface area contributed by atoms with Gasteiger partial charge in [-0.05, 0) is 12.1 Å². The number of hydrogen-bond acceptors (Lipinski definition) is 3. The highest BCUT2D eigenvalue weighted by atomic mass is 35.5. The van der Waals surface area contributed by atoms with E-state index in [1.165, 1.54) is 4.88 Å². The van der Waals surface area contributed by atoms with Crippen LogP contribution in [-0.4, -0.2) is 23.8 Å². The molecule has 0 bridgehead atoms. The van der Waals surface area contributed by atoms with E-state index < -0.39 is 0 Å². The molecule has 0 radical (unpaired) electrons. The van der Waals surface area contributed by atoms with Gasteiger partial charge in [0.2, 0.25) is 0 Å². The summed E-state index contributed by atoms with van der Waals surface area (Å²) in [5.41, 5.74) is 0. The smallest absolute Gasteiger partial charge is 0.148 e. The first-order valence-electron chi connectivity index (χ1n) is 4.22. The second-order valence-corrected chi connectivity index (χ2v) is 5.00. The van der Waals surface area contributed by atoms with Crippen LogP contribution in [0.1, 0.15) is 11.3 Å². The van der Waals surface area contributed by atoms with E-state index in [1.54, 1.807) is 11.3 Å². The van der Waals surface area contributed by atoms with Crippen molar-refractivity contribution in [3.63, 3.8) is 0 Å². The fraction of sp³-hybridized carbons (Fsp3) is 0.444. The molecular formula is C9H10ClNOS. The third kappa shape index (κ3) is 2.30. The molecule has 4 heteroatoms. The first-order valence-corrected chi connectivity index (χ1v) is 5.42. The summed E-state index contributed by atoms with van der Waals surface area (Å²) < 4.78 is 0.820. The van der Waals surface area contributed by atoms with Crippen LogP contribution >= 0.6 is 22.9 Å². The van der Waals surface area contributed by atoms with Crippen molar-refractivity contribution in [2.45, 2.75) is 13.0 Å². The van der Waals surface area contributed by atoms with Gasteiger partial charge in [0, 0.05) is 24.4 Å². The minimum absolute atomic E-state index is 0.350. The average molecular weight is 216 g/mol. The summed E-state index contributed by atoms with van der Waals surface area (Å²) in [7, 11) is 0. The van der Waals surface area contributed by atoms with E-state index >= 15 is 0 Å². The summed E-state index contributed by atoms with van der Waals surface area (Å²) >= 11 is 7.40. The molecule has 70 valence electrons. The summed E-state index contributed by atoms with van der Waals surface area (Å²) in [5, 5.41) is 0. The van der Waals surface area contributed by atoms with E-state index in [2.05, 4.69) is 4.90 Å². The number of carbonyl (C=O) groups is 1. The van der Waals surface area contributed by atoms with Crippen molar-refractivity contribution in [1.29, 1.82) is 0 Å². The number of Topliss-reactive ketones (excluding diaryl/α,β-unsaturated/α-hetero) is 1. The van der Waals surface area contributed by atoms with Gasteiger partial charge in [-0.15, -0.1) is 11.3 Å². The lowest BCUT2D eigenvalue weighted by Gasteiger charge is -2.10. The molecule has 0 amide bonds. The molecule has 0 N–H and O–H groups in total. The number of ketones is 1. The third-order valence-electron chi connectivity index (χ3n) is 2.12. The van der Waals surface area contributed by atoms with Crippen LogP contribution < -0.4 is 0 Å². The zero-order valence-electron chi connectivity index (χ0n) is 7.12. The van der Waals surface area contributed by atoms with Gasteiger partial charge in [-0.2, -0.15) is 0 Å². The molecule has 0 atom stereocenters. The van der Waals surface area contributed by atoms with Crippen LogP contribution in [0.4, 0.5) is 0 Å². The molecule has 0 aliphatic carbocycles. The van der Waals surface area contributed by atoms with Gasteiger partial charge in [-0.3, -0.25) is 9.69 Å². The molecule has 2 nitrogen and oxygen atoms in total.